The first-order valence-electron chi connectivity index (χ1n) is 11.5. The molecule has 0 bridgehead atoms. The summed E-state index contributed by atoms with van der Waals surface area (Å²) in [6.07, 6.45) is 0.842. The van der Waals surface area contributed by atoms with Crippen molar-refractivity contribution in [2.24, 2.45) is 11.8 Å². The third-order valence-electron chi connectivity index (χ3n) is 5.44. The van der Waals surface area contributed by atoms with Gasteiger partial charge in [-0.05, 0) is 41.2 Å². The van der Waals surface area contributed by atoms with E-state index in [2.05, 4.69) is 65.1 Å². The minimum atomic E-state index is -0.554. The minimum absolute atomic E-state index is 0.0367. The maximum Gasteiger partial charge on any atom is 0.329 e. The largest absolute Gasteiger partial charge is 0.464 e. The molecule has 0 aromatic heterocycles. The Kier molecular flexibility index (Phi) is 9.28. The summed E-state index contributed by atoms with van der Waals surface area (Å²) in [4.78, 5) is 28.2. The smallest absolute Gasteiger partial charge is 0.329 e. The van der Waals surface area contributed by atoms with Crippen LogP contribution in [-0.4, -0.2) is 40.7 Å². The number of nitrogens with one attached hydrogen (secondary N) is 1. The van der Waals surface area contributed by atoms with Crippen molar-refractivity contribution in [3.8, 4) is 0 Å². The van der Waals surface area contributed by atoms with Crippen LogP contribution in [0.25, 0.3) is 0 Å². The van der Waals surface area contributed by atoms with Gasteiger partial charge in [0.15, 0.2) is 0 Å². The monoisotopic (exact) mass is 448 g/mol. The lowest BCUT2D eigenvalue weighted by Gasteiger charge is -2.31. The lowest BCUT2D eigenvalue weighted by molar-refractivity contribution is -0.149. The molecule has 6 heteroatoms. The number of hydrogen-bond donors (Lipinski definition) is 1. The van der Waals surface area contributed by atoms with Crippen LogP contribution in [0, 0.1) is 11.8 Å². The molecule has 1 aliphatic heterocycles. The number of anilines is 1. The molecular weight excluding hydrogens is 408 g/mol. The zero-order chi connectivity index (χ0) is 23.3. The second kappa shape index (κ2) is 11.3. The van der Waals surface area contributed by atoms with Crippen LogP contribution in [-0.2, 0) is 9.53 Å². The summed E-state index contributed by atoms with van der Waals surface area (Å²) in [6, 6.07) is 5.44. The van der Waals surface area contributed by atoms with Crippen molar-refractivity contribution >= 4 is 29.4 Å². The summed E-state index contributed by atoms with van der Waals surface area (Å²) in [6.45, 7) is 17.2. The van der Waals surface area contributed by atoms with Crippen LogP contribution in [0.15, 0.2) is 18.2 Å². The number of urea groups is 1. The number of carbonyl (C=O) groups is 2. The van der Waals surface area contributed by atoms with Crippen molar-refractivity contribution in [2.75, 3.05) is 17.7 Å². The number of thioether (sulfide) groups is 1. The van der Waals surface area contributed by atoms with E-state index in [0.717, 1.165) is 23.2 Å². The van der Waals surface area contributed by atoms with E-state index < -0.39 is 6.04 Å². The van der Waals surface area contributed by atoms with E-state index in [4.69, 9.17) is 4.74 Å². The van der Waals surface area contributed by atoms with Crippen molar-refractivity contribution < 1.29 is 14.3 Å². The van der Waals surface area contributed by atoms with Crippen LogP contribution in [0.4, 0.5) is 10.5 Å². The molecule has 0 saturated carbocycles. The molecule has 1 fully saturated rings. The van der Waals surface area contributed by atoms with Gasteiger partial charge in [0.05, 0.1) is 12.0 Å². The first-order valence-corrected chi connectivity index (χ1v) is 12.6. The summed E-state index contributed by atoms with van der Waals surface area (Å²) < 4.78 is 5.52. The Morgan fingerprint density at radius 1 is 1.03 bits per heavy atom. The molecule has 2 atom stereocenters. The molecule has 2 unspecified atom stereocenters. The van der Waals surface area contributed by atoms with Crippen molar-refractivity contribution in [1.82, 2.24) is 4.90 Å². The molecular formula is C25H40N2O3S. The van der Waals surface area contributed by atoms with Crippen LogP contribution >= 0.6 is 11.8 Å². The van der Waals surface area contributed by atoms with Crippen molar-refractivity contribution in [1.29, 1.82) is 0 Å². The number of esters is 1. The maximum absolute atomic E-state index is 13.6. The molecule has 1 aromatic rings. The topological polar surface area (TPSA) is 58.6 Å². The average molecular weight is 449 g/mol. The molecule has 1 N–H and O–H groups in total. The number of amides is 2. The van der Waals surface area contributed by atoms with Crippen LogP contribution in [0.1, 0.15) is 84.8 Å². The molecule has 1 heterocycles. The lowest BCUT2D eigenvalue weighted by atomic mass is 9.92. The lowest BCUT2D eigenvalue weighted by Crippen LogP contribution is -2.48. The standard InChI is InChI=1S/C25H40N2O3S/c1-15(2)12-22-27(21(14-31-22)24(28)30-13-16(3)4)25(29)26-23-19(17(5)6)10-9-11-20(23)18(7)8/h9-11,15-18,21-22H,12-14H2,1-8H3,(H,26,29). The van der Waals surface area contributed by atoms with Gasteiger partial charge < -0.3 is 10.1 Å². The maximum atomic E-state index is 13.6. The second-order valence-electron chi connectivity index (χ2n) is 9.92. The molecule has 1 aromatic carbocycles. The van der Waals surface area contributed by atoms with Crippen LogP contribution < -0.4 is 5.32 Å². The molecule has 2 amide bonds. The van der Waals surface area contributed by atoms with Gasteiger partial charge in [-0.2, -0.15) is 0 Å². The fourth-order valence-electron chi connectivity index (χ4n) is 3.81. The van der Waals surface area contributed by atoms with Gasteiger partial charge in [-0.1, -0.05) is 73.6 Å². The number of ether oxygens (including phenoxy) is 1. The van der Waals surface area contributed by atoms with E-state index in [1.807, 2.05) is 13.8 Å². The van der Waals surface area contributed by atoms with Gasteiger partial charge in [-0.25, -0.2) is 9.59 Å². The molecule has 2 rings (SSSR count). The number of hydrogen-bond acceptors (Lipinski definition) is 4. The van der Waals surface area contributed by atoms with Crippen LogP contribution in [0.5, 0.6) is 0 Å². The number of benzene rings is 1. The minimum Gasteiger partial charge on any atom is -0.464 e. The Hall–Kier alpha value is -1.69. The first-order chi connectivity index (χ1) is 14.5. The van der Waals surface area contributed by atoms with Gasteiger partial charge >= 0.3 is 12.0 Å². The Labute approximate surface area is 192 Å². The molecule has 0 radical (unpaired) electrons. The van der Waals surface area contributed by atoms with Crippen molar-refractivity contribution in [2.45, 2.75) is 85.1 Å². The Balaban J connectivity index is 2.35. The number of carbonyl (C=O) groups excluding carboxylic acids is 2. The normalized spacial score (nSPS) is 19.0. The van der Waals surface area contributed by atoms with Gasteiger partial charge in [-0.3, -0.25) is 4.90 Å². The summed E-state index contributed by atoms with van der Waals surface area (Å²) in [7, 11) is 0. The highest BCUT2D eigenvalue weighted by atomic mass is 32.2. The van der Waals surface area contributed by atoms with Crippen molar-refractivity contribution in [3.05, 3.63) is 29.3 Å². The Morgan fingerprint density at radius 2 is 1.61 bits per heavy atom. The highest BCUT2D eigenvalue weighted by Gasteiger charge is 2.43. The van der Waals surface area contributed by atoms with Crippen LogP contribution in [0.2, 0.25) is 0 Å². The highest BCUT2D eigenvalue weighted by molar-refractivity contribution is 8.00. The molecule has 174 valence electrons. The first kappa shape index (κ1) is 25.6. The second-order valence-corrected chi connectivity index (χ2v) is 11.1. The summed E-state index contributed by atoms with van der Waals surface area (Å²) in [5.74, 6) is 1.51. The Bertz CT molecular complexity index is 735. The molecule has 5 nitrogen and oxygen atoms in total. The number of nitrogens with zero attached hydrogens (tertiary/aromatic N) is 1. The van der Waals surface area contributed by atoms with Crippen LogP contribution in [0.3, 0.4) is 0 Å². The summed E-state index contributed by atoms with van der Waals surface area (Å²) in [5.41, 5.74) is 3.11. The fourth-order valence-corrected chi connectivity index (χ4v) is 5.44. The predicted molar refractivity (Wildman–Crippen MR) is 131 cm³/mol. The quantitative estimate of drug-likeness (QED) is 0.464. The van der Waals surface area contributed by atoms with E-state index in [-0.39, 0.29) is 35.1 Å². The third-order valence-corrected chi connectivity index (χ3v) is 6.75. The van der Waals surface area contributed by atoms with E-state index >= 15 is 0 Å². The van der Waals surface area contributed by atoms with Gasteiger partial charge in [-0.15, -0.1) is 11.8 Å². The van der Waals surface area contributed by atoms with Gasteiger partial charge in [0.1, 0.15) is 6.04 Å². The molecule has 1 saturated heterocycles. The molecule has 31 heavy (non-hydrogen) atoms. The molecule has 0 aliphatic carbocycles. The summed E-state index contributed by atoms with van der Waals surface area (Å²) >= 11 is 1.67. The molecule has 0 spiro atoms. The predicted octanol–water partition coefficient (Wildman–Crippen LogP) is 6.45. The van der Waals surface area contributed by atoms with Gasteiger partial charge in [0.2, 0.25) is 0 Å². The van der Waals surface area contributed by atoms with E-state index in [1.54, 1.807) is 16.7 Å². The summed E-state index contributed by atoms with van der Waals surface area (Å²) in [5, 5.41) is 3.17. The number of rotatable bonds is 8. The SMILES string of the molecule is CC(C)COC(=O)C1CSC(CC(C)C)N1C(=O)Nc1c(C(C)C)cccc1C(C)C. The fraction of sp³-hybridized carbons (Fsp3) is 0.680. The molecule has 1 aliphatic rings. The average Bonchev–Trinajstić information content (AvgIpc) is 3.08. The highest BCUT2D eigenvalue weighted by Crippen LogP contribution is 2.37. The van der Waals surface area contributed by atoms with E-state index in [1.165, 1.54) is 0 Å². The zero-order valence-electron chi connectivity index (χ0n) is 20.4. The van der Waals surface area contributed by atoms with Gasteiger partial charge in [0, 0.05) is 11.4 Å². The Morgan fingerprint density at radius 3 is 2.10 bits per heavy atom. The van der Waals surface area contributed by atoms with Gasteiger partial charge in [0.25, 0.3) is 0 Å². The number of para-hydroxylation sites is 1. The van der Waals surface area contributed by atoms with E-state index in [0.29, 0.717) is 18.3 Å². The third kappa shape index (κ3) is 6.64. The zero-order valence-corrected chi connectivity index (χ0v) is 21.2. The van der Waals surface area contributed by atoms with Crippen molar-refractivity contribution in [3.63, 3.8) is 0 Å². The van der Waals surface area contributed by atoms with E-state index in [9.17, 15) is 9.59 Å².